The highest BCUT2D eigenvalue weighted by Crippen LogP contribution is 2.19. The third-order valence-electron chi connectivity index (χ3n) is 3.23. The van der Waals surface area contributed by atoms with Gasteiger partial charge in [-0.1, -0.05) is 24.3 Å². The lowest BCUT2D eigenvalue weighted by Gasteiger charge is -2.17. The van der Waals surface area contributed by atoms with Gasteiger partial charge in [0.2, 0.25) is 0 Å². The van der Waals surface area contributed by atoms with Crippen LogP contribution in [-0.4, -0.2) is 25.1 Å². The molecule has 0 unspecified atom stereocenters. The zero-order valence-corrected chi connectivity index (χ0v) is 12.3. The van der Waals surface area contributed by atoms with Gasteiger partial charge in [0.05, 0.1) is 12.3 Å². The van der Waals surface area contributed by atoms with E-state index in [1.54, 1.807) is 0 Å². The molecule has 0 aliphatic carbocycles. The molecule has 4 heteroatoms. The third-order valence-corrected chi connectivity index (χ3v) is 3.23. The van der Waals surface area contributed by atoms with Crippen molar-refractivity contribution in [1.29, 1.82) is 0 Å². The number of nitrogens with two attached hydrogens (primary N) is 1. The van der Waals surface area contributed by atoms with Crippen molar-refractivity contribution in [2.45, 2.75) is 13.0 Å². The highest BCUT2D eigenvalue weighted by atomic mass is 19.1. The second-order valence-electron chi connectivity index (χ2n) is 5.10. The summed E-state index contributed by atoms with van der Waals surface area (Å²) >= 11 is 0. The standard InChI is InChI=1S/C17H21FN2O/c1-20(13-14-7-9-15(18)10-8-14)11-4-12-21-17-6-3-2-5-16(17)19/h2-3,5-10H,4,11-13,19H2,1H3. The fourth-order valence-electron chi connectivity index (χ4n) is 2.11. The number of benzene rings is 2. The summed E-state index contributed by atoms with van der Waals surface area (Å²) in [6.07, 6.45) is 0.909. The first-order valence-corrected chi connectivity index (χ1v) is 7.05. The Kier molecular flexibility index (Phi) is 5.58. The predicted molar refractivity (Wildman–Crippen MR) is 83.7 cm³/mol. The highest BCUT2D eigenvalue weighted by molar-refractivity contribution is 5.51. The molecule has 0 spiro atoms. The summed E-state index contributed by atoms with van der Waals surface area (Å²) in [5.74, 6) is 0.536. The Morgan fingerprint density at radius 2 is 1.81 bits per heavy atom. The topological polar surface area (TPSA) is 38.5 Å². The normalized spacial score (nSPS) is 10.8. The first-order chi connectivity index (χ1) is 10.1. The molecule has 0 atom stereocenters. The summed E-state index contributed by atoms with van der Waals surface area (Å²) in [5.41, 5.74) is 7.58. The molecule has 0 amide bonds. The van der Waals surface area contributed by atoms with Crippen LogP contribution in [0.15, 0.2) is 48.5 Å². The van der Waals surface area contributed by atoms with Crippen LogP contribution < -0.4 is 10.5 Å². The molecule has 3 nitrogen and oxygen atoms in total. The molecule has 0 fully saturated rings. The lowest BCUT2D eigenvalue weighted by molar-refractivity contribution is 0.259. The molecule has 2 rings (SSSR count). The largest absolute Gasteiger partial charge is 0.491 e. The molecule has 0 aromatic heterocycles. The van der Waals surface area contributed by atoms with E-state index in [4.69, 9.17) is 10.5 Å². The van der Waals surface area contributed by atoms with Crippen LogP contribution in [0.5, 0.6) is 5.75 Å². The summed E-state index contributed by atoms with van der Waals surface area (Å²) in [7, 11) is 2.04. The van der Waals surface area contributed by atoms with E-state index in [0.29, 0.717) is 12.3 Å². The lowest BCUT2D eigenvalue weighted by Crippen LogP contribution is -2.20. The Hall–Kier alpha value is -2.07. The minimum Gasteiger partial charge on any atom is -0.491 e. The molecule has 0 aliphatic heterocycles. The molecule has 0 bridgehead atoms. The number of hydrogen-bond acceptors (Lipinski definition) is 3. The number of rotatable bonds is 7. The first kappa shape index (κ1) is 15.3. The van der Waals surface area contributed by atoms with Gasteiger partial charge in [-0.15, -0.1) is 0 Å². The van der Waals surface area contributed by atoms with Gasteiger partial charge in [0, 0.05) is 13.1 Å². The maximum absolute atomic E-state index is 12.8. The Labute approximate surface area is 125 Å². The Morgan fingerprint density at radius 3 is 2.52 bits per heavy atom. The maximum Gasteiger partial charge on any atom is 0.142 e. The van der Waals surface area contributed by atoms with E-state index in [0.717, 1.165) is 30.8 Å². The molecule has 0 aliphatic rings. The van der Waals surface area contributed by atoms with Crippen molar-refractivity contribution in [2.75, 3.05) is 25.9 Å². The van der Waals surface area contributed by atoms with E-state index in [9.17, 15) is 4.39 Å². The molecule has 21 heavy (non-hydrogen) atoms. The molecule has 0 saturated carbocycles. The van der Waals surface area contributed by atoms with Crippen molar-refractivity contribution in [2.24, 2.45) is 0 Å². The van der Waals surface area contributed by atoms with Crippen LogP contribution in [0.3, 0.4) is 0 Å². The number of anilines is 1. The van der Waals surface area contributed by atoms with Gasteiger partial charge in [0.1, 0.15) is 11.6 Å². The van der Waals surface area contributed by atoms with Gasteiger partial charge in [-0.05, 0) is 43.3 Å². The monoisotopic (exact) mass is 288 g/mol. The second-order valence-corrected chi connectivity index (χ2v) is 5.10. The van der Waals surface area contributed by atoms with Crippen LogP contribution in [0.4, 0.5) is 10.1 Å². The molecule has 112 valence electrons. The van der Waals surface area contributed by atoms with Gasteiger partial charge in [0.25, 0.3) is 0 Å². The number of para-hydroxylation sites is 2. The Bertz CT molecular complexity index is 557. The molecule has 0 radical (unpaired) electrons. The highest BCUT2D eigenvalue weighted by Gasteiger charge is 2.02. The van der Waals surface area contributed by atoms with Crippen molar-refractivity contribution >= 4 is 5.69 Å². The van der Waals surface area contributed by atoms with E-state index in [2.05, 4.69) is 4.90 Å². The van der Waals surface area contributed by atoms with Crippen LogP contribution in [0.1, 0.15) is 12.0 Å². The molecule has 0 saturated heterocycles. The van der Waals surface area contributed by atoms with Crippen molar-refractivity contribution in [1.82, 2.24) is 4.90 Å². The van der Waals surface area contributed by atoms with E-state index < -0.39 is 0 Å². The van der Waals surface area contributed by atoms with Crippen molar-refractivity contribution in [3.8, 4) is 5.75 Å². The van der Waals surface area contributed by atoms with Crippen molar-refractivity contribution in [3.63, 3.8) is 0 Å². The maximum atomic E-state index is 12.8. The molecule has 0 heterocycles. The minimum atomic E-state index is -0.199. The number of halogens is 1. The van der Waals surface area contributed by atoms with Gasteiger partial charge >= 0.3 is 0 Å². The van der Waals surface area contributed by atoms with Gasteiger partial charge in [-0.3, -0.25) is 0 Å². The molecule has 2 N–H and O–H groups in total. The van der Waals surface area contributed by atoms with E-state index in [1.807, 2.05) is 43.4 Å². The van der Waals surface area contributed by atoms with Crippen molar-refractivity contribution < 1.29 is 9.13 Å². The van der Waals surface area contributed by atoms with Crippen LogP contribution in [0.25, 0.3) is 0 Å². The van der Waals surface area contributed by atoms with Crippen molar-refractivity contribution in [3.05, 3.63) is 59.9 Å². The quantitative estimate of drug-likeness (QED) is 0.627. The second kappa shape index (κ2) is 7.64. The van der Waals surface area contributed by atoms with Crippen LogP contribution in [0.2, 0.25) is 0 Å². The minimum absolute atomic E-state index is 0.199. The Morgan fingerprint density at radius 1 is 1.10 bits per heavy atom. The smallest absolute Gasteiger partial charge is 0.142 e. The van der Waals surface area contributed by atoms with Crippen LogP contribution in [0, 0.1) is 5.82 Å². The van der Waals surface area contributed by atoms with E-state index >= 15 is 0 Å². The molecular weight excluding hydrogens is 267 g/mol. The summed E-state index contributed by atoms with van der Waals surface area (Å²) in [5, 5.41) is 0. The summed E-state index contributed by atoms with van der Waals surface area (Å²) in [6, 6.07) is 14.1. The van der Waals surface area contributed by atoms with Crippen LogP contribution in [-0.2, 0) is 6.54 Å². The zero-order valence-electron chi connectivity index (χ0n) is 12.3. The van der Waals surface area contributed by atoms with E-state index in [-0.39, 0.29) is 5.82 Å². The van der Waals surface area contributed by atoms with Gasteiger partial charge in [0.15, 0.2) is 0 Å². The first-order valence-electron chi connectivity index (χ1n) is 7.05. The molecule has 2 aromatic rings. The third kappa shape index (κ3) is 5.08. The van der Waals surface area contributed by atoms with Gasteiger partial charge < -0.3 is 15.4 Å². The zero-order chi connectivity index (χ0) is 15.1. The fourth-order valence-corrected chi connectivity index (χ4v) is 2.11. The summed E-state index contributed by atoms with van der Waals surface area (Å²) in [4.78, 5) is 2.19. The number of nitrogens with zero attached hydrogens (tertiary/aromatic N) is 1. The van der Waals surface area contributed by atoms with Gasteiger partial charge in [-0.25, -0.2) is 4.39 Å². The number of ether oxygens (including phenoxy) is 1. The number of nitrogen functional groups attached to an aromatic ring is 1. The fraction of sp³-hybridized carbons (Fsp3) is 0.294. The van der Waals surface area contributed by atoms with Gasteiger partial charge in [-0.2, -0.15) is 0 Å². The average molecular weight is 288 g/mol. The number of hydrogen-bond donors (Lipinski definition) is 1. The molecular formula is C17H21FN2O. The Balaban J connectivity index is 1.68. The van der Waals surface area contributed by atoms with Crippen LogP contribution >= 0.6 is 0 Å². The SMILES string of the molecule is CN(CCCOc1ccccc1N)Cc1ccc(F)cc1. The predicted octanol–water partition coefficient (Wildman–Crippen LogP) is 3.31. The molecule has 2 aromatic carbocycles. The average Bonchev–Trinajstić information content (AvgIpc) is 2.48. The van der Waals surface area contributed by atoms with E-state index in [1.165, 1.54) is 12.1 Å². The lowest BCUT2D eigenvalue weighted by atomic mass is 10.2. The summed E-state index contributed by atoms with van der Waals surface area (Å²) < 4.78 is 18.5. The summed E-state index contributed by atoms with van der Waals surface area (Å²) in [6.45, 7) is 2.33.